The molecule has 0 radical (unpaired) electrons. The quantitative estimate of drug-likeness (QED) is 0.495. The molecule has 2 aromatic carbocycles. The van der Waals surface area contributed by atoms with Gasteiger partial charge in [-0.05, 0) is 35.9 Å². The van der Waals surface area contributed by atoms with Gasteiger partial charge in [-0.2, -0.15) is 5.26 Å². The van der Waals surface area contributed by atoms with Crippen molar-refractivity contribution in [3.63, 3.8) is 0 Å². The van der Waals surface area contributed by atoms with Crippen LogP contribution in [0.1, 0.15) is 29.8 Å². The molecule has 3 aromatic rings. The minimum atomic E-state index is 0.00545. The second-order valence-corrected chi connectivity index (χ2v) is 8.90. The fraction of sp³-hybridized carbons (Fsp3) is 0.393. The maximum absolute atomic E-state index is 9.85. The Hall–Kier alpha value is -3.67. The summed E-state index contributed by atoms with van der Waals surface area (Å²) in [7, 11) is 1.59. The van der Waals surface area contributed by atoms with Crippen LogP contribution < -0.4 is 14.4 Å². The lowest BCUT2D eigenvalue weighted by Crippen LogP contribution is -2.36. The predicted molar refractivity (Wildman–Crippen MR) is 135 cm³/mol. The highest BCUT2D eigenvalue weighted by Gasteiger charge is 2.21. The van der Waals surface area contributed by atoms with E-state index in [1.807, 2.05) is 12.1 Å². The standard InChI is InChI=1S/C28H30N4O4/c1-33-26-18-21(17-22(19-29)28(26)36-24-7-12-34-13-8-24)25-6-9-30-27(31-25)16-20-2-4-23(5-3-20)32-10-14-35-15-11-32/h2-6,9,17-18,24H,7-8,10-16H2,1H3. The van der Waals surface area contributed by atoms with Crippen molar-refractivity contribution in [3.8, 4) is 28.8 Å². The third kappa shape index (κ3) is 5.59. The van der Waals surface area contributed by atoms with Crippen molar-refractivity contribution in [1.29, 1.82) is 5.26 Å². The summed E-state index contributed by atoms with van der Waals surface area (Å²) in [4.78, 5) is 11.6. The molecule has 2 fully saturated rings. The van der Waals surface area contributed by atoms with Gasteiger partial charge in [0.25, 0.3) is 0 Å². The molecule has 0 unspecified atom stereocenters. The molecule has 2 aliphatic rings. The third-order valence-electron chi connectivity index (χ3n) is 6.52. The topological polar surface area (TPSA) is 89.7 Å². The van der Waals surface area contributed by atoms with Crippen molar-refractivity contribution >= 4 is 5.69 Å². The van der Waals surface area contributed by atoms with Gasteiger partial charge in [0, 0.05) is 49.8 Å². The number of methoxy groups -OCH3 is 1. The SMILES string of the molecule is COc1cc(-c2ccnc(Cc3ccc(N4CCOCC4)cc3)n2)cc(C#N)c1OC1CCOCC1. The first kappa shape index (κ1) is 24.0. The molecule has 0 bridgehead atoms. The lowest BCUT2D eigenvalue weighted by atomic mass is 10.1. The van der Waals surface area contributed by atoms with Crippen molar-refractivity contribution in [2.75, 3.05) is 51.5 Å². The summed E-state index contributed by atoms with van der Waals surface area (Å²) >= 11 is 0. The Kier molecular flexibility index (Phi) is 7.60. The zero-order chi connectivity index (χ0) is 24.7. The summed E-state index contributed by atoms with van der Waals surface area (Å²) < 4.78 is 22.7. The molecule has 0 aliphatic carbocycles. The van der Waals surface area contributed by atoms with Crippen LogP contribution in [0, 0.1) is 11.3 Å². The van der Waals surface area contributed by atoms with E-state index in [9.17, 15) is 5.26 Å². The Labute approximate surface area is 211 Å². The average molecular weight is 487 g/mol. The number of rotatable bonds is 7. The number of anilines is 1. The zero-order valence-corrected chi connectivity index (χ0v) is 20.5. The number of hydrogen-bond donors (Lipinski definition) is 0. The molecular formula is C28H30N4O4. The van der Waals surface area contributed by atoms with Gasteiger partial charge < -0.3 is 23.8 Å². The molecular weight excluding hydrogens is 456 g/mol. The lowest BCUT2D eigenvalue weighted by Gasteiger charge is -2.28. The van der Waals surface area contributed by atoms with Gasteiger partial charge in [-0.3, -0.25) is 0 Å². The van der Waals surface area contributed by atoms with E-state index >= 15 is 0 Å². The van der Waals surface area contributed by atoms with Crippen LogP contribution in [0.2, 0.25) is 0 Å². The van der Waals surface area contributed by atoms with E-state index < -0.39 is 0 Å². The van der Waals surface area contributed by atoms with E-state index in [4.69, 9.17) is 23.9 Å². The maximum atomic E-state index is 9.85. The molecule has 2 aliphatic heterocycles. The molecule has 2 saturated heterocycles. The number of nitriles is 1. The summed E-state index contributed by atoms with van der Waals surface area (Å²) in [6, 6.07) is 16.3. The summed E-state index contributed by atoms with van der Waals surface area (Å²) in [6.07, 6.45) is 3.96. The molecule has 8 heteroatoms. The van der Waals surface area contributed by atoms with E-state index in [2.05, 4.69) is 40.2 Å². The monoisotopic (exact) mass is 486 g/mol. The smallest absolute Gasteiger partial charge is 0.179 e. The molecule has 0 atom stereocenters. The Bertz CT molecular complexity index is 1210. The fourth-order valence-electron chi connectivity index (χ4n) is 4.54. The van der Waals surface area contributed by atoms with E-state index in [1.165, 1.54) is 5.69 Å². The molecule has 0 amide bonds. The van der Waals surface area contributed by atoms with Crippen molar-refractivity contribution in [1.82, 2.24) is 9.97 Å². The van der Waals surface area contributed by atoms with Crippen LogP contribution in [0.25, 0.3) is 11.3 Å². The van der Waals surface area contributed by atoms with Crippen LogP contribution in [0.15, 0.2) is 48.7 Å². The predicted octanol–water partition coefficient (Wildman–Crippen LogP) is 4.01. The second-order valence-electron chi connectivity index (χ2n) is 8.90. The molecule has 5 rings (SSSR count). The van der Waals surface area contributed by atoms with E-state index in [0.717, 1.165) is 56.0 Å². The molecule has 3 heterocycles. The fourth-order valence-corrected chi connectivity index (χ4v) is 4.54. The minimum Gasteiger partial charge on any atom is -0.493 e. The van der Waals surface area contributed by atoms with Gasteiger partial charge in [-0.25, -0.2) is 9.97 Å². The van der Waals surface area contributed by atoms with Crippen LogP contribution in [0.3, 0.4) is 0 Å². The second kappa shape index (κ2) is 11.4. The Morgan fingerprint density at radius 1 is 1.03 bits per heavy atom. The van der Waals surface area contributed by atoms with E-state index in [0.29, 0.717) is 42.5 Å². The van der Waals surface area contributed by atoms with E-state index in [-0.39, 0.29) is 6.10 Å². The molecule has 8 nitrogen and oxygen atoms in total. The maximum Gasteiger partial charge on any atom is 0.179 e. The van der Waals surface area contributed by atoms with Crippen LogP contribution in [0.4, 0.5) is 5.69 Å². The lowest BCUT2D eigenvalue weighted by molar-refractivity contribution is 0.0244. The molecule has 0 saturated carbocycles. The molecule has 0 N–H and O–H groups in total. The summed E-state index contributed by atoms with van der Waals surface area (Å²) in [5, 5.41) is 9.85. The highest BCUT2D eigenvalue weighted by Crippen LogP contribution is 2.37. The number of morpholine rings is 1. The number of ether oxygens (including phenoxy) is 4. The van der Waals surface area contributed by atoms with Crippen molar-refractivity contribution in [2.45, 2.75) is 25.4 Å². The Balaban J connectivity index is 1.35. The van der Waals surface area contributed by atoms with Crippen LogP contribution in [-0.2, 0) is 15.9 Å². The van der Waals surface area contributed by atoms with Gasteiger partial charge in [0.05, 0.1) is 44.8 Å². The van der Waals surface area contributed by atoms with Gasteiger partial charge in [-0.1, -0.05) is 12.1 Å². The summed E-state index contributed by atoms with van der Waals surface area (Å²) in [6.45, 7) is 4.68. The highest BCUT2D eigenvalue weighted by molar-refractivity contribution is 5.68. The van der Waals surface area contributed by atoms with Gasteiger partial charge in [0.2, 0.25) is 0 Å². The number of nitrogens with zero attached hydrogens (tertiary/aromatic N) is 4. The van der Waals surface area contributed by atoms with Gasteiger partial charge in [0.1, 0.15) is 18.0 Å². The van der Waals surface area contributed by atoms with E-state index in [1.54, 1.807) is 19.4 Å². The van der Waals surface area contributed by atoms with Crippen LogP contribution in [-0.4, -0.2) is 62.7 Å². The molecule has 36 heavy (non-hydrogen) atoms. The first-order valence-corrected chi connectivity index (χ1v) is 12.3. The molecule has 1 aromatic heterocycles. The highest BCUT2D eigenvalue weighted by atomic mass is 16.5. The normalized spacial score (nSPS) is 16.4. The molecule has 186 valence electrons. The Morgan fingerprint density at radius 2 is 1.78 bits per heavy atom. The van der Waals surface area contributed by atoms with Gasteiger partial charge in [-0.15, -0.1) is 0 Å². The van der Waals surface area contributed by atoms with Crippen LogP contribution in [0.5, 0.6) is 11.5 Å². The van der Waals surface area contributed by atoms with Gasteiger partial charge >= 0.3 is 0 Å². The first-order valence-electron chi connectivity index (χ1n) is 12.3. The largest absolute Gasteiger partial charge is 0.493 e. The Morgan fingerprint density at radius 3 is 2.50 bits per heavy atom. The zero-order valence-electron chi connectivity index (χ0n) is 20.5. The van der Waals surface area contributed by atoms with Gasteiger partial charge in [0.15, 0.2) is 11.5 Å². The summed E-state index contributed by atoms with van der Waals surface area (Å²) in [5.41, 5.74) is 4.29. The minimum absolute atomic E-state index is 0.00545. The molecule has 0 spiro atoms. The number of hydrogen-bond acceptors (Lipinski definition) is 8. The number of aromatic nitrogens is 2. The third-order valence-corrected chi connectivity index (χ3v) is 6.52. The first-order chi connectivity index (χ1) is 17.7. The van der Waals surface area contributed by atoms with Crippen molar-refractivity contribution < 1.29 is 18.9 Å². The number of benzene rings is 2. The van der Waals surface area contributed by atoms with Crippen molar-refractivity contribution in [2.24, 2.45) is 0 Å². The average Bonchev–Trinajstić information content (AvgIpc) is 2.94. The summed E-state index contributed by atoms with van der Waals surface area (Å²) in [5.74, 6) is 1.71. The van der Waals surface area contributed by atoms with Crippen LogP contribution >= 0.6 is 0 Å². The van der Waals surface area contributed by atoms with Crippen molar-refractivity contribution in [3.05, 3.63) is 65.6 Å².